The van der Waals surface area contributed by atoms with E-state index in [1.54, 1.807) is 19.1 Å². The monoisotopic (exact) mass is 414 g/mol. The van der Waals surface area contributed by atoms with Gasteiger partial charge in [-0.1, -0.05) is 36.1 Å². The number of thioether (sulfide) groups is 1. The number of nitrogens with one attached hydrogen (secondary N) is 1. The number of carbonyl (C=O) groups excluding carboxylic acids is 1. The number of aryl methyl sites for hydroxylation is 2. The molecule has 1 unspecified atom stereocenters. The van der Waals surface area contributed by atoms with Gasteiger partial charge in [-0.25, -0.2) is 8.42 Å². The molecule has 7 nitrogen and oxygen atoms in total. The van der Waals surface area contributed by atoms with E-state index in [2.05, 4.69) is 15.5 Å². The molecule has 0 saturated carbocycles. The highest BCUT2D eigenvalue weighted by Gasteiger charge is 2.30. The number of amides is 1. The van der Waals surface area contributed by atoms with Gasteiger partial charge in [-0.3, -0.25) is 14.4 Å². The quantitative estimate of drug-likeness (QED) is 0.553. The van der Waals surface area contributed by atoms with Crippen LogP contribution in [0.1, 0.15) is 25.0 Å². The Balaban J connectivity index is 2.26. The van der Waals surface area contributed by atoms with Crippen molar-refractivity contribution >= 4 is 49.8 Å². The molecule has 1 N–H and O–H groups in total. The summed E-state index contributed by atoms with van der Waals surface area (Å²) >= 11 is 2.79. The lowest BCUT2D eigenvalue weighted by molar-refractivity contribution is -0.116. The zero-order valence-electron chi connectivity index (χ0n) is 15.3. The van der Waals surface area contributed by atoms with Crippen molar-refractivity contribution in [3.05, 3.63) is 29.3 Å². The summed E-state index contributed by atoms with van der Waals surface area (Å²) in [6.07, 6.45) is 1.09. The first kappa shape index (κ1) is 20.7. The summed E-state index contributed by atoms with van der Waals surface area (Å²) in [6.45, 7) is 7.40. The van der Waals surface area contributed by atoms with Crippen molar-refractivity contribution in [2.75, 3.05) is 21.6 Å². The number of anilines is 2. The van der Waals surface area contributed by atoms with Crippen LogP contribution in [-0.4, -0.2) is 42.6 Å². The molecule has 0 saturated heterocycles. The maximum absolute atomic E-state index is 12.6. The standard InChI is InChI=1S/C16H22N4O3S3/c1-6-24-16-19-18-15(25-16)17-14(21)12(4)20(26(5,22)23)13-8-7-10(2)11(3)9-13/h7-9,12H,6H2,1-5H3,(H,17,18,21). The maximum Gasteiger partial charge on any atom is 0.249 e. The average Bonchev–Trinajstić information content (AvgIpc) is 2.97. The minimum absolute atomic E-state index is 0.353. The number of hydrogen-bond acceptors (Lipinski definition) is 7. The Labute approximate surface area is 162 Å². The molecule has 10 heteroatoms. The minimum Gasteiger partial charge on any atom is -0.299 e. The van der Waals surface area contributed by atoms with Crippen molar-refractivity contribution < 1.29 is 13.2 Å². The van der Waals surface area contributed by atoms with Gasteiger partial charge in [-0.15, -0.1) is 10.2 Å². The Bertz CT molecular complexity index is 896. The summed E-state index contributed by atoms with van der Waals surface area (Å²) in [6, 6.07) is 4.38. The van der Waals surface area contributed by atoms with Gasteiger partial charge in [-0.2, -0.15) is 0 Å². The van der Waals surface area contributed by atoms with Crippen LogP contribution >= 0.6 is 23.1 Å². The van der Waals surface area contributed by atoms with Crippen LogP contribution in [0.3, 0.4) is 0 Å². The predicted octanol–water partition coefficient (Wildman–Crippen LogP) is 3.06. The van der Waals surface area contributed by atoms with Crippen LogP contribution in [0, 0.1) is 13.8 Å². The Morgan fingerprint density at radius 1 is 1.31 bits per heavy atom. The van der Waals surface area contributed by atoms with Crippen LogP contribution in [0.5, 0.6) is 0 Å². The van der Waals surface area contributed by atoms with Crippen LogP contribution in [0.4, 0.5) is 10.8 Å². The van der Waals surface area contributed by atoms with Crippen LogP contribution in [-0.2, 0) is 14.8 Å². The van der Waals surface area contributed by atoms with E-state index in [0.717, 1.165) is 31.8 Å². The summed E-state index contributed by atoms with van der Waals surface area (Å²) in [5.41, 5.74) is 2.46. The van der Waals surface area contributed by atoms with Crippen LogP contribution in [0.25, 0.3) is 0 Å². The van der Waals surface area contributed by atoms with Gasteiger partial charge in [0.05, 0.1) is 11.9 Å². The molecule has 0 aliphatic carbocycles. The highest BCUT2D eigenvalue weighted by Crippen LogP contribution is 2.27. The molecule has 0 aliphatic heterocycles. The number of benzene rings is 1. The van der Waals surface area contributed by atoms with E-state index in [9.17, 15) is 13.2 Å². The fraction of sp³-hybridized carbons (Fsp3) is 0.438. The van der Waals surface area contributed by atoms with Gasteiger partial charge in [0.15, 0.2) is 4.34 Å². The second kappa shape index (κ2) is 8.36. The second-order valence-corrected chi connectivity index (χ2v) is 10.1. The summed E-state index contributed by atoms with van der Waals surface area (Å²) in [5, 5.41) is 10.9. The van der Waals surface area contributed by atoms with Gasteiger partial charge in [0.25, 0.3) is 0 Å². The van der Waals surface area contributed by atoms with E-state index in [1.165, 1.54) is 23.1 Å². The number of sulfonamides is 1. The number of carbonyl (C=O) groups is 1. The first-order chi connectivity index (χ1) is 12.1. The molecule has 1 amide bonds. The molecule has 2 aromatic rings. The normalized spacial score (nSPS) is 12.7. The van der Waals surface area contributed by atoms with Gasteiger partial charge < -0.3 is 0 Å². The minimum atomic E-state index is -3.65. The largest absolute Gasteiger partial charge is 0.299 e. The van der Waals surface area contributed by atoms with Crippen molar-refractivity contribution in [2.45, 2.75) is 38.1 Å². The Hall–Kier alpha value is -1.65. The van der Waals surface area contributed by atoms with Crippen molar-refractivity contribution in [2.24, 2.45) is 0 Å². The number of aromatic nitrogens is 2. The van der Waals surface area contributed by atoms with E-state index < -0.39 is 22.0 Å². The molecule has 26 heavy (non-hydrogen) atoms. The molecule has 1 atom stereocenters. The summed E-state index contributed by atoms with van der Waals surface area (Å²) in [7, 11) is -3.65. The van der Waals surface area contributed by atoms with Gasteiger partial charge in [0.2, 0.25) is 21.1 Å². The molecular formula is C16H22N4O3S3. The summed E-state index contributed by atoms with van der Waals surface area (Å²) in [4.78, 5) is 12.6. The molecule has 0 fully saturated rings. The molecule has 1 aromatic carbocycles. The molecule has 0 radical (unpaired) electrons. The molecule has 142 valence electrons. The van der Waals surface area contributed by atoms with Gasteiger partial charge >= 0.3 is 0 Å². The van der Waals surface area contributed by atoms with Crippen molar-refractivity contribution in [1.82, 2.24) is 10.2 Å². The third kappa shape index (κ3) is 4.95. The van der Waals surface area contributed by atoms with Gasteiger partial charge in [-0.05, 0) is 49.8 Å². The predicted molar refractivity (Wildman–Crippen MR) is 108 cm³/mol. The highest BCUT2D eigenvalue weighted by molar-refractivity contribution is 8.01. The van der Waals surface area contributed by atoms with E-state index in [1.807, 2.05) is 26.8 Å². The van der Waals surface area contributed by atoms with Crippen LogP contribution < -0.4 is 9.62 Å². The van der Waals surface area contributed by atoms with E-state index >= 15 is 0 Å². The van der Waals surface area contributed by atoms with Gasteiger partial charge in [0.1, 0.15) is 6.04 Å². The van der Waals surface area contributed by atoms with E-state index in [-0.39, 0.29) is 0 Å². The Kier molecular flexibility index (Phi) is 6.64. The maximum atomic E-state index is 12.6. The summed E-state index contributed by atoms with van der Waals surface area (Å²) < 4.78 is 26.5. The Morgan fingerprint density at radius 3 is 2.58 bits per heavy atom. The zero-order chi connectivity index (χ0) is 19.5. The first-order valence-corrected chi connectivity index (χ1v) is 11.6. The topological polar surface area (TPSA) is 92.3 Å². The molecular weight excluding hydrogens is 392 g/mol. The van der Waals surface area contributed by atoms with Crippen LogP contribution in [0.2, 0.25) is 0 Å². The van der Waals surface area contributed by atoms with Crippen molar-refractivity contribution in [3.63, 3.8) is 0 Å². The molecule has 0 aliphatic rings. The van der Waals surface area contributed by atoms with Crippen molar-refractivity contribution in [3.8, 4) is 0 Å². The molecule has 0 bridgehead atoms. The smallest absolute Gasteiger partial charge is 0.249 e. The number of nitrogens with zero attached hydrogens (tertiary/aromatic N) is 3. The fourth-order valence-corrected chi connectivity index (χ4v) is 5.14. The highest BCUT2D eigenvalue weighted by atomic mass is 32.2. The van der Waals surface area contributed by atoms with E-state index in [4.69, 9.17) is 0 Å². The van der Waals surface area contributed by atoms with Crippen molar-refractivity contribution in [1.29, 1.82) is 0 Å². The van der Waals surface area contributed by atoms with Gasteiger partial charge in [0, 0.05) is 0 Å². The Morgan fingerprint density at radius 2 is 2.00 bits per heavy atom. The molecule has 0 spiro atoms. The third-order valence-corrected chi connectivity index (χ3v) is 6.83. The first-order valence-electron chi connectivity index (χ1n) is 7.97. The lowest BCUT2D eigenvalue weighted by Crippen LogP contribution is -2.45. The molecule has 2 rings (SSSR count). The van der Waals surface area contributed by atoms with E-state index in [0.29, 0.717) is 10.8 Å². The number of hydrogen-bond donors (Lipinski definition) is 1. The SMILES string of the molecule is CCSc1nnc(NC(=O)C(C)N(c2ccc(C)c(C)c2)S(C)(=O)=O)s1. The summed E-state index contributed by atoms with van der Waals surface area (Å²) in [5.74, 6) is 0.394. The zero-order valence-corrected chi connectivity index (χ0v) is 17.8. The second-order valence-electron chi connectivity index (χ2n) is 5.80. The lowest BCUT2D eigenvalue weighted by atomic mass is 10.1. The molecule has 1 heterocycles. The van der Waals surface area contributed by atoms with Crippen LogP contribution in [0.15, 0.2) is 22.5 Å². The molecule has 1 aromatic heterocycles. The third-order valence-electron chi connectivity index (χ3n) is 3.74. The fourth-order valence-electron chi connectivity index (χ4n) is 2.32. The number of rotatable bonds is 7. The lowest BCUT2D eigenvalue weighted by Gasteiger charge is -2.28. The average molecular weight is 415 g/mol.